The molecule has 0 radical (unpaired) electrons. The predicted molar refractivity (Wildman–Crippen MR) is 182 cm³/mol. The number of thiophene rings is 1. The molecule has 0 N–H and O–H groups in total. The second-order valence-corrected chi connectivity index (χ2v) is 11.9. The molecule has 0 unspecified atom stereocenters. The Morgan fingerprint density at radius 3 is 2.12 bits per heavy atom. The van der Waals surface area contributed by atoms with Crippen LogP contribution in [0.5, 0.6) is 0 Å². The van der Waals surface area contributed by atoms with Crippen LogP contribution in [0.15, 0.2) is 150 Å². The fourth-order valence-corrected chi connectivity index (χ4v) is 7.35. The monoisotopic (exact) mass is 568 g/mol. The van der Waals surface area contributed by atoms with Crippen molar-refractivity contribution >= 4 is 81.4 Å². The van der Waals surface area contributed by atoms with Crippen LogP contribution in [0.3, 0.4) is 0 Å². The third-order valence-electron chi connectivity index (χ3n) is 8.31. The minimum Gasteiger partial charge on any atom is -0.454 e. The number of benzene rings is 6. The third kappa shape index (κ3) is 3.92. The van der Waals surface area contributed by atoms with Crippen LogP contribution in [0.2, 0.25) is 0 Å². The van der Waals surface area contributed by atoms with Gasteiger partial charge in [-0.25, -0.2) is 4.98 Å². The standard InChI is InChI=1S/C39H24N2OS/c1-2-8-25(9-3-1)26-14-17-28(18-15-26)41(29-19-21-37-32(22-29)31-12-6-7-13-36(31)43-37)38-23-33-35(24-40-38)42-34-20-16-27-10-4-5-11-30(27)39(33)34/h1-24H. The maximum atomic E-state index is 6.29. The molecule has 0 atom stereocenters. The Morgan fingerprint density at radius 2 is 1.23 bits per heavy atom. The zero-order valence-corrected chi connectivity index (χ0v) is 23.9. The molecule has 4 heteroatoms. The number of hydrogen-bond donors (Lipinski definition) is 0. The Labute approximate surface area is 251 Å². The van der Waals surface area contributed by atoms with Crippen molar-refractivity contribution < 1.29 is 4.42 Å². The fourth-order valence-electron chi connectivity index (χ4n) is 6.26. The molecule has 3 aromatic heterocycles. The van der Waals surface area contributed by atoms with E-state index in [2.05, 4.69) is 144 Å². The van der Waals surface area contributed by atoms with Gasteiger partial charge in [-0.05, 0) is 70.4 Å². The molecular formula is C39H24N2OS. The molecule has 3 nitrogen and oxygen atoms in total. The number of hydrogen-bond acceptors (Lipinski definition) is 4. The quantitative estimate of drug-likeness (QED) is 0.211. The van der Waals surface area contributed by atoms with E-state index in [1.54, 1.807) is 0 Å². The lowest BCUT2D eigenvalue weighted by Crippen LogP contribution is -2.11. The Kier molecular flexibility index (Phi) is 5.37. The highest BCUT2D eigenvalue weighted by molar-refractivity contribution is 7.25. The molecule has 3 heterocycles. The first-order chi connectivity index (χ1) is 21.3. The van der Waals surface area contributed by atoms with Gasteiger partial charge in [-0.1, -0.05) is 91.0 Å². The van der Waals surface area contributed by atoms with E-state index in [1.165, 1.54) is 42.1 Å². The molecule has 0 saturated carbocycles. The minimum absolute atomic E-state index is 0.786. The number of furan rings is 1. The van der Waals surface area contributed by atoms with Crippen molar-refractivity contribution in [3.63, 3.8) is 0 Å². The van der Waals surface area contributed by atoms with Crippen molar-refractivity contribution in [2.75, 3.05) is 4.90 Å². The number of fused-ring (bicyclic) bond motifs is 8. The maximum absolute atomic E-state index is 6.29. The van der Waals surface area contributed by atoms with Crippen molar-refractivity contribution in [3.8, 4) is 11.1 Å². The van der Waals surface area contributed by atoms with Gasteiger partial charge < -0.3 is 4.42 Å². The highest BCUT2D eigenvalue weighted by Crippen LogP contribution is 2.42. The smallest absolute Gasteiger partial charge is 0.153 e. The number of aromatic nitrogens is 1. The van der Waals surface area contributed by atoms with Crippen LogP contribution < -0.4 is 4.90 Å². The van der Waals surface area contributed by atoms with Gasteiger partial charge in [0.1, 0.15) is 11.4 Å². The van der Waals surface area contributed by atoms with Gasteiger partial charge in [-0.15, -0.1) is 11.3 Å². The summed E-state index contributed by atoms with van der Waals surface area (Å²) < 4.78 is 8.86. The Hall–Kier alpha value is -5.45. The van der Waals surface area contributed by atoms with E-state index in [-0.39, 0.29) is 0 Å². The normalized spacial score (nSPS) is 11.7. The van der Waals surface area contributed by atoms with E-state index in [1.807, 2.05) is 17.5 Å². The van der Waals surface area contributed by atoms with Gasteiger partial charge in [-0.3, -0.25) is 4.90 Å². The van der Waals surface area contributed by atoms with E-state index >= 15 is 0 Å². The Bertz CT molecular complexity index is 2460. The van der Waals surface area contributed by atoms with Crippen molar-refractivity contribution in [1.29, 1.82) is 0 Å². The Balaban J connectivity index is 1.27. The highest BCUT2D eigenvalue weighted by atomic mass is 32.1. The zero-order valence-electron chi connectivity index (χ0n) is 23.1. The van der Waals surface area contributed by atoms with Gasteiger partial charge in [-0.2, -0.15) is 0 Å². The van der Waals surface area contributed by atoms with Crippen molar-refractivity contribution in [2.45, 2.75) is 0 Å². The van der Waals surface area contributed by atoms with Gasteiger partial charge in [0, 0.05) is 42.3 Å². The summed E-state index contributed by atoms with van der Waals surface area (Å²) in [5, 5.41) is 7.09. The van der Waals surface area contributed by atoms with Crippen LogP contribution in [0.1, 0.15) is 0 Å². The molecule has 9 rings (SSSR count). The third-order valence-corrected chi connectivity index (χ3v) is 9.47. The molecule has 6 aromatic carbocycles. The summed E-state index contributed by atoms with van der Waals surface area (Å²) in [5.74, 6) is 0.842. The SMILES string of the molecule is c1ccc(-c2ccc(N(c3ccc4sc5ccccc5c4c3)c3cc4c(cn3)oc3ccc5ccccc5c34)cc2)cc1. The maximum Gasteiger partial charge on any atom is 0.153 e. The fraction of sp³-hybridized carbons (Fsp3) is 0. The van der Waals surface area contributed by atoms with Crippen LogP contribution in [-0.2, 0) is 0 Å². The van der Waals surface area contributed by atoms with Gasteiger partial charge >= 0.3 is 0 Å². The Morgan fingerprint density at radius 1 is 0.512 bits per heavy atom. The molecule has 0 aliphatic carbocycles. The first-order valence-electron chi connectivity index (χ1n) is 14.4. The molecule has 0 spiro atoms. The highest BCUT2D eigenvalue weighted by Gasteiger charge is 2.19. The summed E-state index contributed by atoms with van der Waals surface area (Å²) in [5.41, 5.74) is 6.14. The molecular weight excluding hydrogens is 545 g/mol. The molecule has 0 fully saturated rings. The second-order valence-electron chi connectivity index (χ2n) is 10.8. The zero-order chi connectivity index (χ0) is 28.3. The van der Waals surface area contributed by atoms with Gasteiger partial charge in [0.2, 0.25) is 0 Å². The molecule has 0 aliphatic heterocycles. The van der Waals surface area contributed by atoms with Crippen LogP contribution in [0, 0.1) is 0 Å². The van der Waals surface area contributed by atoms with Crippen LogP contribution in [0.25, 0.3) is 64.0 Å². The second kappa shape index (κ2) is 9.55. The summed E-state index contributed by atoms with van der Waals surface area (Å²) >= 11 is 1.83. The van der Waals surface area contributed by atoms with Gasteiger partial charge in [0.25, 0.3) is 0 Å². The van der Waals surface area contributed by atoms with E-state index in [9.17, 15) is 0 Å². The van der Waals surface area contributed by atoms with E-state index in [0.717, 1.165) is 39.1 Å². The molecule has 9 aromatic rings. The van der Waals surface area contributed by atoms with Crippen molar-refractivity contribution in [3.05, 3.63) is 146 Å². The number of rotatable bonds is 4. The van der Waals surface area contributed by atoms with E-state index < -0.39 is 0 Å². The number of pyridine rings is 1. The predicted octanol–water partition coefficient (Wildman–Crippen LogP) is 11.6. The average Bonchev–Trinajstić information content (AvgIpc) is 3.64. The summed E-state index contributed by atoms with van der Waals surface area (Å²) in [7, 11) is 0. The van der Waals surface area contributed by atoms with Gasteiger partial charge in [0.05, 0.1) is 6.20 Å². The lowest BCUT2D eigenvalue weighted by atomic mass is 10.0. The average molecular weight is 569 g/mol. The molecule has 0 amide bonds. The number of nitrogens with zero attached hydrogens (tertiary/aromatic N) is 2. The first-order valence-corrected chi connectivity index (χ1v) is 15.2. The lowest BCUT2D eigenvalue weighted by molar-refractivity contribution is 0.667. The minimum atomic E-state index is 0.786. The topological polar surface area (TPSA) is 29.3 Å². The first kappa shape index (κ1) is 24.2. The molecule has 0 saturated heterocycles. The van der Waals surface area contributed by atoms with Crippen molar-refractivity contribution in [1.82, 2.24) is 4.98 Å². The summed E-state index contributed by atoms with van der Waals surface area (Å²) in [6, 6.07) is 49.5. The largest absolute Gasteiger partial charge is 0.454 e. The van der Waals surface area contributed by atoms with Crippen LogP contribution in [0.4, 0.5) is 17.2 Å². The summed E-state index contributed by atoms with van der Waals surface area (Å²) in [6.07, 6.45) is 1.86. The summed E-state index contributed by atoms with van der Waals surface area (Å²) in [4.78, 5) is 7.23. The van der Waals surface area contributed by atoms with E-state index in [0.29, 0.717) is 0 Å². The summed E-state index contributed by atoms with van der Waals surface area (Å²) in [6.45, 7) is 0. The number of anilines is 3. The van der Waals surface area contributed by atoms with Crippen LogP contribution in [-0.4, -0.2) is 4.98 Å². The molecule has 43 heavy (non-hydrogen) atoms. The molecule has 0 bridgehead atoms. The molecule has 202 valence electrons. The van der Waals surface area contributed by atoms with Gasteiger partial charge in [0.15, 0.2) is 5.58 Å². The van der Waals surface area contributed by atoms with Crippen molar-refractivity contribution in [2.24, 2.45) is 0 Å². The van der Waals surface area contributed by atoms with Crippen LogP contribution >= 0.6 is 11.3 Å². The molecule has 0 aliphatic rings. The van der Waals surface area contributed by atoms with E-state index in [4.69, 9.17) is 9.40 Å². The lowest BCUT2D eigenvalue weighted by Gasteiger charge is -2.25.